The van der Waals surface area contributed by atoms with E-state index < -0.39 is 30.3 Å². The van der Waals surface area contributed by atoms with Crippen molar-refractivity contribution in [3.63, 3.8) is 0 Å². The third-order valence-corrected chi connectivity index (χ3v) is 5.52. The van der Waals surface area contributed by atoms with E-state index in [1.165, 1.54) is 0 Å². The first-order chi connectivity index (χ1) is 20.8. The van der Waals surface area contributed by atoms with Crippen LogP contribution in [0.1, 0.15) is 35.7 Å². The van der Waals surface area contributed by atoms with E-state index >= 15 is 0 Å². The van der Waals surface area contributed by atoms with Crippen LogP contribution < -0.4 is 15.2 Å². The number of nitrogens with one attached hydrogen (secondary N) is 2. The smallest absolute Gasteiger partial charge is 0.490 e. The lowest BCUT2D eigenvalue weighted by Crippen LogP contribution is -2.40. The van der Waals surface area contributed by atoms with Gasteiger partial charge in [0, 0.05) is 31.5 Å². The van der Waals surface area contributed by atoms with Crippen molar-refractivity contribution in [2.45, 2.75) is 38.2 Å². The maximum absolute atomic E-state index is 12.2. The molecule has 0 bridgehead atoms. The molecule has 1 aliphatic rings. The number of carboxylic acid groups (broad SMARTS) is 2. The second-order valence-corrected chi connectivity index (χ2v) is 8.95. The molecule has 0 atom stereocenters. The average molecular weight is 653 g/mol. The Morgan fingerprint density at radius 3 is 1.82 bits per heavy atom. The number of rotatable bonds is 8. The zero-order valence-electron chi connectivity index (χ0n) is 23.6. The Kier molecular flexibility index (Phi) is 14.6. The summed E-state index contributed by atoms with van der Waals surface area (Å²) in [6, 6.07) is 13.8. The lowest BCUT2D eigenvalue weighted by molar-refractivity contribution is -0.193. The van der Waals surface area contributed by atoms with Crippen LogP contribution in [0.25, 0.3) is 0 Å². The summed E-state index contributed by atoms with van der Waals surface area (Å²) in [7, 11) is 0. The Hall–Kier alpha value is -5.03. The molecule has 45 heavy (non-hydrogen) atoms. The molecule has 0 saturated carbocycles. The summed E-state index contributed by atoms with van der Waals surface area (Å²) in [4.78, 5) is 32.0. The fourth-order valence-corrected chi connectivity index (χ4v) is 3.30. The van der Waals surface area contributed by atoms with Gasteiger partial charge in [-0.1, -0.05) is 12.1 Å². The standard InChI is InChI=1S/C23H28N4O4.2C2HF3O2/c1-16(24)27-11-9-20(10-12-27)31-19-7-5-17(6-8-19)23(28)30-14-13-29-21-4-2-3-18(15-21)22(25)26;2*3-2(4,5)1(6)7/h2-8,15,20,24H,9-14H2,1H3,(H3,25,26);2*(H,6,7). The second kappa shape index (κ2) is 17.3. The van der Waals surface area contributed by atoms with Crippen molar-refractivity contribution in [3.05, 3.63) is 59.7 Å². The monoisotopic (exact) mass is 652 g/mol. The number of ether oxygens (including phenoxy) is 3. The van der Waals surface area contributed by atoms with E-state index in [4.69, 9.17) is 50.6 Å². The Balaban J connectivity index is 0.000000601. The van der Waals surface area contributed by atoms with E-state index in [0.29, 0.717) is 22.7 Å². The molecule has 6 N–H and O–H groups in total. The Morgan fingerprint density at radius 1 is 0.867 bits per heavy atom. The molecule has 1 aliphatic heterocycles. The van der Waals surface area contributed by atoms with Gasteiger partial charge >= 0.3 is 30.3 Å². The zero-order valence-corrected chi connectivity index (χ0v) is 23.6. The minimum Gasteiger partial charge on any atom is -0.490 e. The van der Waals surface area contributed by atoms with Crippen LogP contribution >= 0.6 is 0 Å². The molecule has 1 heterocycles. The molecule has 0 radical (unpaired) electrons. The van der Waals surface area contributed by atoms with Gasteiger partial charge in [0.25, 0.3) is 0 Å². The number of hydrogen-bond donors (Lipinski definition) is 5. The highest BCUT2D eigenvalue weighted by Gasteiger charge is 2.38. The summed E-state index contributed by atoms with van der Waals surface area (Å²) >= 11 is 0. The van der Waals surface area contributed by atoms with Gasteiger partial charge in [-0.2, -0.15) is 26.3 Å². The first-order valence-electron chi connectivity index (χ1n) is 12.7. The largest absolute Gasteiger partial charge is 0.490 e. The SMILES string of the molecule is CC(=N)N1CCC(Oc2ccc(C(=O)OCCOc3cccc(C(=N)N)c3)cc2)CC1.O=C(O)C(F)(F)F.O=C(O)C(F)(F)F. The number of benzene rings is 2. The summed E-state index contributed by atoms with van der Waals surface area (Å²) in [5.74, 6) is -4.10. The molecule has 0 amide bonds. The lowest BCUT2D eigenvalue weighted by atomic mass is 10.1. The number of piperidine rings is 1. The fraction of sp³-hybridized carbons (Fsp3) is 0.370. The third-order valence-electron chi connectivity index (χ3n) is 5.52. The topological polar surface area (TPSA) is 196 Å². The number of carbonyl (C=O) groups is 3. The minimum atomic E-state index is -5.08. The molecule has 2 aromatic carbocycles. The Morgan fingerprint density at radius 2 is 1.38 bits per heavy atom. The van der Waals surface area contributed by atoms with Crippen molar-refractivity contribution in [2.75, 3.05) is 26.3 Å². The number of aliphatic carboxylic acids is 2. The maximum Gasteiger partial charge on any atom is 0.490 e. The van der Waals surface area contributed by atoms with Gasteiger partial charge in [0.15, 0.2) is 0 Å². The van der Waals surface area contributed by atoms with E-state index in [-0.39, 0.29) is 25.2 Å². The van der Waals surface area contributed by atoms with Gasteiger partial charge in [0.1, 0.15) is 36.7 Å². The summed E-state index contributed by atoms with van der Waals surface area (Å²) in [6.45, 7) is 3.75. The van der Waals surface area contributed by atoms with Crippen molar-refractivity contribution in [2.24, 2.45) is 5.73 Å². The predicted octanol–water partition coefficient (Wildman–Crippen LogP) is 4.31. The lowest BCUT2D eigenvalue weighted by Gasteiger charge is -2.32. The van der Waals surface area contributed by atoms with Crippen LogP contribution in [0.5, 0.6) is 11.5 Å². The van der Waals surface area contributed by atoms with Crippen molar-refractivity contribution in [1.29, 1.82) is 10.8 Å². The van der Waals surface area contributed by atoms with E-state index in [1.807, 2.05) is 4.90 Å². The van der Waals surface area contributed by atoms with Crippen molar-refractivity contribution >= 4 is 29.6 Å². The molecule has 0 spiro atoms. The quantitative estimate of drug-likeness (QED) is 0.0901. The van der Waals surface area contributed by atoms with Crippen molar-refractivity contribution < 1.29 is 65.1 Å². The molecule has 248 valence electrons. The first kappa shape index (κ1) is 38.0. The fourth-order valence-electron chi connectivity index (χ4n) is 3.30. The molecular formula is C27H30F6N4O8. The Labute approximate surface area is 252 Å². The average Bonchev–Trinajstić information content (AvgIpc) is 2.95. The van der Waals surface area contributed by atoms with Gasteiger partial charge in [-0.15, -0.1) is 0 Å². The highest BCUT2D eigenvalue weighted by atomic mass is 19.4. The number of esters is 1. The Bertz CT molecular complexity index is 1290. The van der Waals surface area contributed by atoms with Crippen molar-refractivity contribution in [3.8, 4) is 11.5 Å². The molecule has 0 unspecified atom stereocenters. The molecular weight excluding hydrogens is 622 g/mol. The number of nitrogen functional groups attached to an aromatic ring is 1. The summed E-state index contributed by atoms with van der Waals surface area (Å²) < 4.78 is 80.3. The van der Waals surface area contributed by atoms with E-state index in [1.54, 1.807) is 55.5 Å². The summed E-state index contributed by atoms with van der Waals surface area (Å²) in [5, 5.41) is 29.4. The predicted molar refractivity (Wildman–Crippen MR) is 146 cm³/mol. The highest BCUT2D eigenvalue weighted by Crippen LogP contribution is 2.20. The number of nitrogens with two attached hydrogens (primary N) is 1. The number of amidine groups is 2. The van der Waals surface area contributed by atoms with Crippen LogP contribution in [0.3, 0.4) is 0 Å². The van der Waals surface area contributed by atoms with Gasteiger partial charge < -0.3 is 35.1 Å². The van der Waals surface area contributed by atoms with Gasteiger partial charge in [0.05, 0.1) is 11.4 Å². The molecule has 12 nitrogen and oxygen atoms in total. The number of nitrogens with zero attached hydrogens (tertiary/aromatic N) is 1. The number of likely N-dealkylation sites (tertiary alicyclic amines) is 1. The summed E-state index contributed by atoms with van der Waals surface area (Å²) in [6.07, 6.45) is -8.31. The molecule has 2 aromatic rings. The number of alkyl halides is 6. The van der Waals surface area contributed by atoms with Crippen LogP contribution in [0.2, 0.25) is 0 Å². The molecule has 0 aromatic heterocycles. The second-order valence-electron chi connectivity index (χ2n) is 8.95. The highest BCUT2D eigenvalue weighted by molar-refractivity contribution is 5.95. The number of carbonyl (C=O) groups excluding carboxylic acids is 1. The maximum atomic E-state index is 12.2. The van der Waals surface area contributed by atoms with Crippen LogP contribution in [0, 0.1) is 10.8 Å². The van der Waals surface area contributed by atoms with E-state index in [0.717, 1.165) is 31.7 Å². The van der Waals surface area contributed by atoms with Crippen LogP contribution in [-0.4, -0.2) is 89.5 Å². The molecule has 1 saturated heterocycles. The molecule has 3 rings (SSSR count). The van der Waals surface area contributed by atoms with Crippen LogP contribution in [0.15, 0.2) is 48.5 Å². The van der Waals surface area contributed by atoms with E-state index in [9.17, 15) is 31.1 Å². The van der Waals surface area contributed by atoms with Crippen LogP contribution in [0.4, 0.5) is 26.3 Å². The zero-order chi connectivity index (χ0) is 34.4. The van der Waals surface area contributed by atoms with Crippen LogP contribution in [-0.2, 0) is 14.3 Å². The molecule has 1 fully saturated rings. The third kappa shape index (κ3) is 14.8. The first-order valence-corrected chi connectivity index (χ1v) is 12.7. The van der Waals surface area contributed by atoms with Crippen molar-refractivity contribution in [1.82, 2.24) is 4.90 Å². The van der Waals surface area contributed by atoms with Gasteiger partial charge in [0.2, 0.25) is 0 Å². The number of hydrogen-bond acceptors (Lipinski definition) is 8. The van der Waals surface area contributed by atoms with Gasteiger partial charge in [-0.05, 0) is 43.3 Å². The molecule has 18 heteroatoms. The normalized spacial score (nSPS) is 13.2. The summed E-state index contributed by atoms with van der Waals surface area (Å²) in [5.41, 5.74) is 6.48. The molecule has 0 aliphatic carbocycles. The van der Waals surface area contributed by atoms with E-state index in [2.05, 4.69) is 0 Å². The van der Waals surface area contributed by atoms with Gasteiger partial charge in [-0.25, -0.2) is 14.4 Å². The number of halogens is 6. The van der Waals surface area contributed by atoms with Gasteiger partial charge in [-0.3, -0.25) is 10.8 Å². The minimum absolute atomic E-state index is 0.0313. The number of carboxylic acids is 2.